The van der Waals surface area contributed by atoms with Crippen LogP contribution in [0.1, 0.15) is 91.3 Å². The van der Waals surface area contributed by atoms with E-state index >= 15 is 0 Å². The molecule has 1 unspecified atom stereocenters. The van der Waals surface area contributed by atoms with Crippen LogP contribution in [0.5, 0.6) is 0 Å². The molecule has 0 saturated carbocycles. The normalized spacial score (nSPS) is 17.4. The number of carbonyl (C=O) groups excluding carboxylic acids is 1. The first-order valence-corrected chi connectivity index (χ1v) is 15.3. The Morgan fingerprint density at radius 1 is 1.05 bits per heavy atom. The van der Waals surface area contributed by atoms with Gasteiger partial charge >= 0.3 is 5.97 Å². The third-order valence-corrected chi connectivity index (χ3v) is 8.19. The fourth-order valence-electron chi connectivity index (χ4n) is 6.06. The summed E-state index contributed by atoms with van der Waals surface area (Å²) in [6, 6.07) is 16.5. The first kappa shape index (κ1) is 32.1. The van der Waals surface area contributed by atoms with E-state index in [0.29, 0.717) is 0 Å². The number of benzene rings is 2. The van der Waals surface area contributed by atoms with Gasteiger partial charge in [0.15, 0.2) is 5.71 Å². The Balaban J connectivity index is 0.00000151. The molecule has 1 N–H and O–H groups in total. The van der Waals surface area contributed by atoms with Gasteiger partial charge in [-0.1, -0.05) is 84.9 Å². The smallest absolute Gasteiger partial charge is 0.310 e. The molecule has 41 heavy (non-hydrogen) atoms. The fourth-order valence-corrected chi connectivity index (χ4v) is 6.06. The summed E-state index contributed by atoms with van der Waals surface area (Å²) in [4.78, 5) is 13.0. The molecule has 0 bridgehead atoms. The molecule has 2 aliphatic carbocycles. The van der Waals surface area contributed by atoms with Crippen LogP contribution in [-0.2, 0) is 21.4 Å². The lowest BCUT2D eigenvalue weighted by Gasteiger charge is -2.40. The van der Waals surface area contributed by atoms with Crippen molar-refractivity contribution >= 4 is 22.9 Å². The van der Waals surface area contributed by atoms with E-state index in [0.717, 1.165) is 42.9 Å². The number of unbranched alkanes of at least 4 members (excludes halogenated alkanes) is 1. The Bertz CT molecular complexity index is 1320. The topological polar surface area (TPSA) is 41.3 Å². The van der Waals surface area contributed by atoms with Crippen LogP contribution < -0.4 is 5.32 Å². The second-order valence-electron chi connectivity index (χ2n) is 11.3. The van der Waals surface area contributed by atoms with Crippen molar-refractivity contribution in [2.45, 2.75) is 92.6 Å². The Morgan fingerprint density at radius 2 is 1.76 bits per heavy atom. The maximum absolute atomic E-state index is 13.0. The second-order valence-corrected chi connectivity index (χ2v) is 11.3. The highest BCUT2D eigenvalue weighted by molar-refractivity contribution is 6.06. The maximum Gasteiger partial charge on any atom is 0.310 e. The van der Waals surface area contributed by atoms with Crippen molar-refractivity contribution in [2.24, 2.45) is 0 Å². The van der Waals surface area contributed by atoms with Crippen LogP contribution in [0.25, 0.3) is 5.57 Å². The minimum Gasteiger partial charge on any atom is -0.457 e. The highest BCUT2D eigenvalue weighted by Crippen LogP contribution is 2.49. The summed E-state index contributed by atoms with van der Waals surface area (Å²) < 4.78 is 8.61. The van der Waals surface area contributed by atoms with Crippen molar-refractivity contribution in [3.63, 3.8) is 0 Å². The number of hydrogen-bond donors (Lipinski definition) is 1. The van der Waals surface area contributed by atoms with Gasteiger partial charge in [0.2, 0.25) is 0 Å². The molecule has 1 atom stereocenters. The molecule has 1 heterocycles. The van der Waals surface area contributed by atoms with Crippen LogP contribution in [0.15, 0.2) is 77.9 Å². The molecule has 5 rings (SSSR count). The molecule has 1 saturated heterocycles. The summed E-state index contributed by atoms with van der Waals surface area (Å²) in [6.07, 6.45) is 11.6. The third kappa shape index (κ3) is 7.09. The van der Waals surface area contributed by atoms with Crippen molar-refractivity contribution < 1.29 is 14.1 Å². The molecule has 1 fully saturated rings. The predicted octanol–water partition coefficient (Wildman–Crippen LogP) is 8.52. The summed E-state index contributed by atoms with van der Waals surface area (Å²) in [5.74, 6) is -0.198. The van der Waals surface area contributed by atoms with Gasteiger partial charge in [0.25, 0.3) is 0 Å². The molecule has 4 heteroatoms. The molecule has 220 valence electrons. The first-order valence-electron chi connectivity index (χ1n) is 15.3. The van der Waals surface area contributed by atoms with Gasteiger partial charge in [-0.25, -0.2) is 4.58 Å². The van der Waals surface area contributed by atoms with Gasteiger partial charge in [0.1, 0.15) is 19.2 Å². The van der Waals surface area contributed by atoms with Gasteiger partial charge in [-0.3, -0.25) is 4.79 Å². The van der Waals surface area contributed by atoms with E-state index in [1.54, 1.807) is 0 Å². The number of hydrogen-bond acceptors (Lipinski definition) is 3. The van der Waals surface area contributed by atoms with Crippen molar-refractivity contribution in [2.75, 3.05) is 25.0 Å². The van der Waals surface area contributed by atoms with Crippen molar-refractivity contribution in [1.82, 2.24) is 0 Å². The SMILES string of the molecule is C.CC.CCCCNc1ccc2c(c1)C(C)(C)C1=CC(=[N+]3CCCC3)C=CC1=C2C(C)OC(=O)Cc1ccccc1. The molecule has 0 radical (unpaired) electrons. The van der Waals surface area contributed by atoms with Crippen LogP contribution in [-0.4, -0.2) is 42.0 Å². The summed E-state index contributed by atoms with van der Waals surface area (Å²) in [7, 11) is 0. The number of allylic oxidation sites excluding steroid dienone is 5. The lowest BCUT2D eigenvalue weighted by atomic mass is 9.64. The van der Waals surface area contributed by atoms with E-state index in [9.17, 15) is 4.79 Å². The first-order chi connectivity index (χ1) is 19.4. The number of ether oxygens (including phenoxy) is 1. The van der Waals surface area contributed by atoms with Gasteiger partial charge in [0.05, 0.1) is 6.42 Å². The van der Waals surface area contributed by atoms with Gasteiger partial charge in [0, 0.05) is 48.2 Å². The lowest BCUT2D eigenvalue weighted by Crippen LogP contribution is -2.33. The van der Waals surface area contributed by atoms with E-state index < -0.39 is 0 Å². The number of esters is 1. The standard InChI is InChI=1S/C34H40N2O2.C2H6.CH4/c1-5-6-18-35-26-14-16-28-30(22-26)34(3,4)31-23-27(36-19-10-11-20-36)15-17-29(31)33(28)24(2)38-32(37)21-25-12-8-7-9-13-25;1-2;/h7-9,12-17,22-24H,5-6,10-11,18-21H2,1-4H3;1-2H3;1H4/p+1. The van der Waals surface area contributed by atoms with Gasteiger partial charge in [-0.15, -0.1) is 0 Å². The van der Waals surface area contributed by atoms with Crippen molar-refractivity contribution in [3.8, 4) is 0 Å². The number of nitrogens with one attached hydrogen (secondary N) is 1. The van der Waals surface area contributed by atoms with Gasteiger partial charge in [-0.05, 0) is 59.4 Å². The molecule has 2 aromatic carbocycles. The molecular weight excluding hydrogens is 504 g/mol. The van der Waals surface area contributed by atoms with E-state index in [1.165, 1.54) is 47.2 Å². The van der Waals surface area contributed by atoms with Gasteiger partial charge in [-0.2, -0.15) is 0 Å². The molecular formula is C37H51N2O2+. The van der Waals surface area contributed by atoms with Crippen LogP contribution in [0, 0.1) is 0 Å². The zero-order valence-electron chi connectivity index (χ0n) is 25.3. The Morgan fingerprint density at radius 3 is 2.44 bits per heavy atom. The second kappa shape index (κ2) is 14.5. The monoisotopic (exact) mass is 555 g/mol. The Kier molecular flexibility index (Phi) is 11.3. The summed E-state index contributed by atoms with van der Waals surface area (Å²) in [5, 5.41) is 3.61. The molecule has 4 nitrogen and oxygen atoms in total. The molecule has 1 aliphatic heterocycles. The Hall–Kier alpha value is -3.40. The summed E-state index contributed by atoms with van der Waals surface area (Å²) in [5.41, 5.74) is 9.30. The number of carbonyl (C=O) groups is 1. The van der Waals surface area contributed by atoms with E-state index in [4.69, 9.17) is 4.74 Å². The largest absolute Gasteiger partial charge is 0.457 e. The van der Waals surface area contributed by atoms with E-state index in [1.807, 2.05) is 51.1 Å². The van der Waals surface area contributed by atoms with E-state index in [-0.39, 0.29) is 31.3 Å². The van der Waals surface area contributed by atoms with Crippen LogP contribution in [0.2, 0.25) is 0 Å². The van der Waals surface area contributed by atoms with Crippen molar-refractivity contribution in [1.29, 1.82) is 0 Å². The van der Waals surface area contributed by atoms with Crippen molar-refractivity contribution in [3.05, 3.63) is 94.6 Å². The summed E-state index contributed by atoms with van der Waals surface area (Å²) in [6.45, 7) is 16.1. The molecule has 3 aliphatic rings. The maximum atomic E-state index is 13.0. The average Bonchev–Trinajstić information content (AvgIpc) is 3.50. The third-order valence-electron chi connectivity index (χ3n) is 8.19. The highest BCUT2D eigenvalue weighted by atomic mass is 16.5. The predicted molar refractivity (Wildman–Crippen MR) is 175 cm³/mol. The fraction of sp³-hybridized carbons (Fsp3) is 0.459. The summed E-state index contributed by atoms with van der Waals surface area (Å²) >= 11 is 0. The highest BCUT2D eigenvalue weighted by Gasteiger charge is 2.40. The minimum atomic E-state index is -0.364. The zero-order chi connectivity index (χ0) is 28.7. The number of nitrogens with zero attached hydrogens (tertiary/aromatic N) is 1. The molecule has 2 aromatic rings. The van der Waals surface area contributed by atoms with Crippen LogP contribution >= 0.6 is 0 Å². The molecule has 0 spiro atoms. The number of fused-ring (bicyclic) bond motifs is 2. The number of rotatable bonds is 8. The Labute approximate surface area is 248 Å². The average molecular weight is 556 g/mol. The van der Waals surface area contributed by atoms with Gasteiger partial charge < -0.3 is 10.1 Å². The molecule has 0 amide bonds. The van der Waals surface area contributed by atoms with E-state index in [2.05, 4.69) is 67.1 Å². The number of anilines is 1. The zero-order valence-corrected chi connectivity index (χ0v) is 25.3. The minimum absolute atomic E-state index is 0. The lowest BCUT2D eigenvalue weighted by molar-refractivity contribution is -0.504. The van der Waals surface area contributed by atoms with Crippen LogP contribution in [0.4, 0.5) is 5.69 Å². The van der Waals surface area contributed by atoms with Crippen LogP contribution in [0.3, 0.4) is 0 Å². The molecule has 0 aromatic heterocycles. The quantitative estimate of drug-likeness (QED) is 0.202.